The van der Waals surface area contributed by atoms with Gasteiger partial charge in [-0.05, 0) is 31.0 Å². The van der Waals surface area contributed by atoms with Gasteiger partial charge in [0.15, 0.2) is 0 Å². The smallest absolute Gasteiger partial charge is 0.135 e. The monoisotopic (exact) mass is 363 g/mol. The van der Waals surface area contributed by atoms with Crippen LogP contribution < -0.4 is 4.90 Å². The van der Waals surface area contributed by atoms with E-state index in [0.29, 0.717) is 6.04 Å². The van der Waals surface area contributed by atoms with Crippen molar-refractivity contribution in [2.75, 3.05) is 18.0 Å². The van der Waals surface area contributed by atoms with Gasteiger partial charge in [0.25, 0.3) is 0 Å². The molecular formula is C22H29N5. The van der Waals surface area contributed by atoms with Crippen LogP contribution in [0.4, 0.5) is 5.82 Å². The molecule has 3 heterocycles. The fraction of sp³-hybridized carbons (Fsp3) is 0.500. The Morgan fingerprint density at radius 1 is 1.04 bits per heavy atom. The van der Waals surface area contributed by atoms with Crippen molar-refractivity contribution in [3.05, 3.63) is 48.2 Å². The van der Waals surface area contributed by atoms with Gasteiger partial charge in [0.1, 0.15) is 17.5 Å². The minimum atomic E-state index is -0.0277. The molecule has 1 aromatic carbocycles. The van der Waals surface area contributed by atoms with E-state index in [1.165, 1.54) is 11.3 Å². The third-order valence-electron chi connectivity index (χ3n) is 5.45. The molecule has 0 N–H and O–H groups in total. The summed E-state index contributed by atoms with van der Waals surface area (Å²) < 4.78 is 2.48. The van der Waals surface area contributed by atoms with Gasteiger partial charge in [0.2, 0.25) is 0 Å². The van der Waals surface area contributed by atoms with Gasteiger partial charge in [0.05, 0.1) is 11.0 Å². The predicted octanol–water partition coefficient (Wildman–Crippen LogP) is 4.53. The largest absolute Gasteiger partial charge is 0.356 e. The van der Waals surface area contributed by atoms with Crippen molar-refractivity contribution in [2.45, 2.75) is 58.4 Å². The van der Waals surface area contributed by atoms with Crippen LogP contribution in [0.15, 0.2) is 36.5 Å². The van der Waals surface area contributed by atoms with Crippen LogP contribution in [0.3, 0.4) is 0 Å². The van der Waals surface area contributed by atoms with E-state index in [0.717, 1.165) is 49.5 Å². The number of hydrogen-bond donors (Lipinski definition) is 0. The first-order valence-corrected chi connectivity index (χ1v) is 10.0. The molecule has 1 fully saturated rings. The van der Waals surface area contributed by atoms with Gasteiger partial charge >= 0.3 is 0 Å². The molecule has 4 rings (SSSR count). The van der Waals surface area contributed by atoms with Crippen LogP contribution in [0.25, 0.3) is 11.0 Å². The fourth-order valence-electron chi connectivity index (χ4n) is 3.99. The van der Waals surface area contributed by atoms with Gasteiger partial charge in [-0.2, -0.15) is 0 Å². The van der Waals surface area contributed by atoms with E-state index in [4.69, 9.17) is 9.97 Å². The van der Waals surface area contributed by atoms with Crippen LogP contribution in [-0.4, -0.2) is 32.6 Å². The van der Waals surface area contributed by atoms with Gasteiger partial charge in [-0.15, -0.1) is 0 Å². The van der Waals surface area contributed by atoms with Crippen LogP contribution in [0.1, 0.15) is 58.2 Å². The van der Waals surface area contributed by atoms with E-state index < -0.39 is 0 Å². The Balaban J connectivity index is 1.55. The molecule has 0 unspecified atom stereocenters. The summed E-state index contributed by atoms with van der Waals surface area (Å²) in [4.78, 5) is 16.6. The number of nitrogens with zero attached hydrogens (tertiary/aromatic N) is 5. The minimum Gasteiger partial charge on any atom is -0.356 e. The lowest BCUT2D eigenvalue weighted by atomic mass is 9.96. The van der Waals surface area contributed by atoms with Crippen molar-refractivity contribution in [1.29, 1.82) is 0 Å². The van der Waals surface area contributed by atoms with Crippen molar-refractivity contribution in [3.8, 4) is 0 Å². The number of benzene rings is 1. The summed E-state index contributed by atoms with van der Waals surface area (Å²) in [5.41, 5.74) is 2.35. The molecule has 0 atom stereocenters. The standard InChI is InChI=1S/C22H29N5/c1-5-19-24-17-8-6-7-9-18(17)27(19)16-11-14-26(15-12-16)20-10-13-23-21(25-20)22(2,3)4/h6-10,13,16H,5,11-12,14-15H2,1-4H3. The van der Waals surface area contributed by atoms with Crippen molar-refractivity contribution in [3.63, 3.8) is 0 Å². The molecule has 1 aliphatic rings. The van der Waals surface area contributed by atoms with Crippen molar-refractivity contribution >= 4 is 16.9 Å². The number of fused-ring (bicyclic) bond motifs is 1. The fourth-order valence-corrected chi connectivity index (χ4v) is 3.99. The SMILES string of the molecule is CCc1nc2ccccc2n1C1CCN(c2ccnc(C(C)(C)C)n2)CC1. The molecule has 5 heteroatoms. The Labute approximate surface area is 161 Å². The predicted molar refractivity (Wildman–Crippen MR) is 110 cm³/mol. The number of para-hydroxylation sites is 2. The van der Waals surface area contributed by atoms with Crippen LogP contribution in [0, 0.1) is 0 Å². The maximum atomic E-state index is 4.85. The summed E-state index contributed by atoms with van der Waals surface area (Å²) in [6.45, 7) is 10.7. The highest BCUT2D eigenvalue weighted by molar-refractivity contribution is 5.76. The van der Waals surface area contributed by atoms with Crippen LogP contribution in [0.5, 0.6) is 0 Å². The second kappa shape index (κ2) is 6.95. The van der Waals surface area contributed by atoms with Gasteiger partial charge in [-0.25, -0.2) is 15.0 Å². The molecule has 0 spiro atoms. The van der Waals surface area contributed by atoms with Crippen molar-refractivity contribution in [2.24, 2.45) is 0 Å². The molecule has 27 heavy (non-hydrogen) atoms. The number of rotatable bonds is 3. The molecule has 3 aromatic rings. The molecule has 1 aliphatic heterocycles. The first-order chi connectivity index (χ1) is 13.0. The van der Waals surface area contributed by atoms with Crippen LogP contribution >= 0.6 is 0 Å². The Hall–Kier alpha value is -2.43. The Bertz CT molecular complexity index is 929. The zero-order chi connectivity index (χ0) is 19.0. The first kappa shape index (κ1) is 18.0. The molecule has 142 valence electrons. The van der Waals surface area contributed by atoms with E-state index in [2.05, 4.69) is 66.4 Å². The Morgan fingerprint density at radius 3 is 2.48 bits per heavy atom. The number of aryl methyl sites for hydroxylation is 1. The minimum absolute atomic E-state index is 0.0277. The quantitative estimate of drug-likeness (QED) is 0.686. The van der Waals surface area contributed by atoms with E-state index >= 15 is 0 Å². The second-order valence-corrected chi connectivity index (χ2v) is 8.45. The maximum absolute atomic E-state index is 4.85. The molecule has 1 saturated heterocycles. The molecular weight excluding hydrogens is 334 g/mol. The molecule has 0 bridgehead atoms. The number of aromatic nitrogens is 4. The summed E-state index contributed by atoms with van der Waals surface area (Å²) in [6, 6.07) is 11.1. The highest BCUT2D eigenvalue weighted by Crippen LogP contribution is 2.31. The summed E-state index contributed by atoms with van der Waals surface area (Å²) in [5.74, 6) is 3.17. The van der Waals surface area contributed by atoms with Crippen LogP contribution in [0.2, 0.25) is 0 Å². The summed E-state index contributed by atoms with van der Waals surface area (Å²) in [6.07, 6.45) is 5.09. The van der Waals surface area contributed by atoms with Crippen molar-refractivity contribution in [1.82, 2.24) is 19.5 Å². The number of piperidine rings is 1. The van der Waals surface area contributed by atoms with E-state index in [1.807, 2.05) is 12.3 Å². The highest BCUT2D eigenvalue weighted by Gasteiger charge is 2.26. The first-order valence-electron chi connectivity index (χ1n) is 10.0. The summed E-state index contributed by atoms with van der Waals surface area (Å²) in [7, 11) is 0. The van der Waals surface area contributed by atoms with Gasteiger partial charge in [-0.1, -0.05) is 39.8 Å². The van der Waals surface area contributed by atoms with E-state index in [-0.39, 0.29) is 5.41 Å². The van der Waals surface area contributed by atoms with Gasteiger partial charge in [0, 0.05) is 37.2 Å². The van der Waals surface area contributed by atoms with E-state index in [9.17, 15) is 0 Å². The van der Waals surface area contributed by atoms with Gasteiger partial charge in [-0.3, -0.25) is 0 Å². The number of imidazole rings is 1. The Kier molecular flexibility index (Phi) is 4.62. The summed E-state index contributed by atoms with van der Waals surface area (Å²) >= 11 is 0. The zero-order valence-electron chi connectivity index (χ0n) is 16.8. The maximum Gasteiger partial charge on any atom is 0.135 e. The topological polar surface area (TPSA) is 46.8 Å². The lowest BCUT2D eigenvalue weighted by molar-refractivity contribution is 0.393. The molecule has 0 aliphatic carbocycles. The number of hydrogen-bond acceptors (Lipinski definition) is 4. The number of anilines is 1. The van der Waals surface area contributed by atoms with E-state index in [1.54, 1.807) is 0 Å². The molecule has 2 aromatic heterocycles. The average molecular weight is 364 g/mol. The zero-order valence-corrected chi connectivity index (χ0v) is 16.8. The van der Waals surface area contributed by atoms with Crippen molar-refractivity contribution < 1.29 is 0 Å². The average Bonchev–Trinajstić information content (AvgIpc) is 3.06. The Morgan fingerprint density at radius 2 is 1.78 bits per heavy atom. The lowest BCUT2D eigenvalue weighted by Gasteiger charge is -2.34. The molecule has 5 nitrogen and oxygen atoms in total. The summed E-state index contributed by atoms with van der Waals surface area (Å²) in [5, 5.41) is 0. The molecule has 0 saturated carbocycles. The molecule has 0 amide bonds. The third kappa shape index (κ3) is 3.43. The van der Waals surface area contributed by atoms with Gasteiger partial charge < -0.3 is 9.47 Å². The highest BCUT2D eigenvalue weighted by atomic mass is 15.2. The second-order valence-electron chi connectivity index (χ2n) is 8.45. The normalized spacial score (nSPS) is 16.2. The lowest BCUT2D eigenvalue weighted by Crippen LogP contribution is -2.36. The third-order valence-corrected chi connectivity index (χ3v) is 5.45. The molecule has 0 radical (unpaired) electrons. The van der Waals surface area contributed by atoms with Crippen LogP contribution in [-0.2, 0) is 11.8 Å².